The largest absolute Gasteiger partial charge is 0.0625 e. The molecule has 0 amide bonds. The smallest absolute Gasteiger partial charge is 0.0417 e. The molecule has 2 aliphatic rings. The molecule has 0 saturated heterocycles. The van der Waals surface area contributed by atoms with Gasteiger partial charge in [-0.25, -0.2) is 0 Å². The van der Waals surface area contributed by atoms with Gasteiger partial charge in [-0.1, -0.05) is 72.6 Å². The van der Waals surface area contributed by atoms with Crippen LogP contribution in [-0.2, 0) is 0 Å². The molecule has 0 aromatic carbocycles. The number of hydrogen-bond acceptors (Lipinski definition) is 0. The van der Waals surface area contributed by atoms with Crippen molar-refractivity contribution in [3.8, 4) is 0 Å². The van der Waals surface area contributed by atoms with Crippen molar-refractivity contribution >= 4 is 0 Å². The van der Waals surface area contributed by atoms with Crippen LogP contribution in [0, 0.1) is 23.7 Å². The van der Waals surface area contributed by atoms with Crippen LogP contribution in [0.5, 0.6) is 0 Å². The van der Waals surface area contributed by atoms with Gasteiger partial charge in [-0.2, -0.15) is 0 Å². The van der Waals surface area contributed by atoms with Gasteiger partial charge in [0.1, 0.15) is 0 Å². The van der Waals surface area contributed by atoms with Gasteiger partial charge in [0.25, 0.3) is 0 Å². The third kappa shape index (κ3) is 5.37. The second-order valence-electron chi connectivity index (χ2n) is 6.62. The molecular weight excluding hydrogens is 192 g/mol. The third-order valence-corrected chi connectivity index (χ3v) is 4.74. The maximum Gasteiger partial charge on any atom is -0.0417 e. The van der Waals surface area contributed by atoms with Gasteiger partial charge in [-0.15, -0.1) is 0 Å². The van der Waals surface area contributed by atoms with Crippen LogP contribution in [0.3, 0.4) is 0 Å². The van der Waals surface area contributed by atoms with Crippen LogP contribution in [0.2, 0.25) is 0 Å². The van der Waals surface area contributed by atoms with E-state index in [1.165, 1.54) is 51.4 Å². The molecule has 0 radical (unpaired) electrons. The summed E-state index contributed by atoms with van der Waals surface area (Å²) in [7, 11) is 0. The van der Waals surface area contributed by atoms with Gasteiger partial charge in [0, 0.05) is 0 Å². The van der Waals surface area contributed by atoms with Gasteiger partial charge in [0.15, 0.2) is 0 Å². The average molecular weight is 224 g/mol. The molecule has 0 aliphatic heterocycles. The molecule has 2 saturated carbocycles. The zero-order valence-corrected chi connectivity index (χ0v) is 12.0. The molecule has 0 heterocycles. The standard InChI is InChI=1S/2C8H16/c1-7-4-3-5-8(2)6-7;1-7-5-3-4-6-8(7)2/h2*7-8H,3-6H2,1-2H3. The molecule has 0 aromatic rings. The monoisotopic (exact) mass is 224 g/mol. The molecule has 0 nitrogen and oxygen atoms in total. The van der Waals surface area contributed by atoms with E-state index >= 15 is 0 Å². The van der Waals surface area contributed by atoms with Crippen LogP contribution in [0.25, 0.3) is 0 Å². The zero-order valence-electron chi connectivity index (χ0n) is 12.0. The highest BCUT2D eigenvalue weighted by molar-refractivity contribution is 4.67. The van der Waals surface area contributed by atoms with Crippen molar-refractivity contribution in [1.82, 2.24) is 0 Å². The van der Waals surface area contributed by atoms with Crippen LogP contribution in [0.4, 0.5) is 0 Å². The molecule has 0 N–H and O–H groups in total. The normalized spacial score (nSPS) is 39.8. The summed E-state index contributed by atoms with van der Waals surface area (Å²) in [6.07, 6.45) is 11.8. The molecular formula is C16H32. The first kappa shape index (κ1) is 14.1. The van der Waals surface area contributed by atoms with Crippen molar-refractivity contribution in [2.24, 2.45) is 23.7 Å². The van der Waals surface area contributed by atoms with Crippen molar-refractivity contribution in [1.29, 1.82) is 0 Å². The molecule has 2 rings (SSSR count). The molecule has 4 atom stereocenters. The Morgan fingerprint density at radius 1 is 0.562 bits per heavy atom. The van der Waals surface area contributed by atoms with Gasteiger partial charge >= 0.3 is 0 Å². The first-order valence-corrected chi connectivity index (χ1v) is 7.59. The van der Waals surface area contributed by atoms with E-state index < -0.39 is 0 Å². The van der Waals surface area contributed by atoms with E-state index in [1.807, 2.05) is 0 Å². The lowest BCUT2D eigenvalue weighted by Crippen LogP contribution is -2.12. The Morgan fingerprint density at radius 3 is 1.25 bits per heavy atom. The fraction of sp³-hybridized carbons (Fsp3) is 1.00. The van der Waals surface area contributed by atoms with Gasteiger partial charge < -0.3 is 0 Å². The lowest BCUT2D eigenvalue weighted by molar-refractivity contribution is 0.277. The molecule has 96 valence electrons. The Hall–Kier alpha value is 0. The van der Waals surface area contributed by atoms with E-state index in [9.17, 15) is 0 Å². The molecule has 0 spiro atoms. The SMILES string of the molecule is CC1CCCC(C)C1.CC1CCCCC1C. The molecule has 0 heteroatoms. The summed E-state index contributed by atoms with van der Waals surface area (Å²) in [5, 5.41) is 0. The summed E-state index contributed by atoms with van der Waals surface area (Å²) in [6.45, 7) is 9.50. The van der Waals surface area contributed by atoms with Crippen LogP contribution in [0.1, 0.15) is 79.1 Å². The lowest BCUT2D eigenvalue weighted by atomic mass is 9.82. The topological polar surface area (TPSA) is 0 Å². The predicted octanol–water partition coefficient (Wildman–Crippen LogP) is 5.67. The maximum absolute atomic E-state index is 2.38. The zero-order chi connectivity index (χ0) is 12.0. The minimum Gasteiger partial charge on any atom is -0.0625 e. The maximum atomic E-state index is 2.38. The van der Waals surface area contributed by atoms with E-state index in [0.717, 1.165) is 23.7 Å². The van der Waals surface area contributed by atoms with Gasteiger partial charge in [-0.05, 0) is 30.1 Å². The first-order valence-electron chi connectivity index (χ1n) is 7.59. The average Bonchev–Trinajstić information content (AvgIpc) is 2.23. The molecule has 16 heavy (non-hydrogen) atoms. The van der Waals surface area contributed by atoms with Crippen molar-refractivity contribution in [3.63, 3.8) is 0 Å². The summed E-state index contributed by atoms with van der Waals surface area (Å²) < 4.78 is 0. The summed E-state index contributed by atoms with van der Waals surface area (Å²) in [6, 6.07) is 0. The minimum atomic E-state index is 1.00. The van der Waals surface area contributed by atoms with Crippen LogP contribution < -0.4 is 0 Å². The highest BCUT2D eigenvalue weighted by Gasteiger charge is 2.15. The van der Waals surface area contributed by atoms with E-state index in [1.54, 1.807) is 0 Å². The van der Waals surface area contributed by atoms with Crippen molar-refractivity contribution < 1.29 is 0 Å². The lowest BCUT2D eigenvalue weighted by Gasteiger charge is -2.24. The predicted molar refractivity (Wildman–Crippen MR) is 73.6 cm³/mol. The van der Waals surface area contributed by atoms with E-state index in [-0.39, 0.29) is 0 Å². The highest BCUT2D eigenvalue weighted by Crippen LogP contribution is 2.28. The van der Waals surface area contributed by atoms with Crippen molar-refractivity contribution in [3.05, 3.63) is 0 Å². The van der Waals surface area contributed by atoms with Crippen molar-refractivity contribution in [2.45, 2.75) is 79.1 Å². The van der Waals surface area contributed by atoms with Gasteiger partial charge in [0.2, 0.25) is 0 Å². The summed E-state index contributed by atoms with van der Waals surface area (Å²) in [4.78, 5) is 0. The van der Waals surface area contributed by atoms with E-state index in [2.05, 4.69) is 27.7 Å². The Labute approximate surface area is 103 Å². The fourth-order valence-corrected chi connectivity index (χ4v) is 3.24. The first-order chi connectivity index (χ1) is 7.59. The number of rotatable bonds is 0. The third-order valence-electron chi connectivity index (χ3n) is 4.74. The quantitative estimate of drug-likeness (QED) is 0.497. The molecule has 4 unspecified atom stereocenters. The molecule has 0 aromatic heterocycles. The highest BCUT2D eigenvalue weighted by atomic mass is 14.2. The molecule has 2 fully saturated rings. The van der Waals surface area contributed by atoms with Crippen LogP contribution >= 0.6 is 0 Å². The Bertz CT molecular complexity index is 155. The molecule has 2 aliphatic carbocycles. The second kappa shape index (κ2) is 7.35. The van der Waals surface area contributed by atoms with E-state index in [0.29, 0.717) is 0 Å². The minimum absolute atomic E-state index is 1.00. The Balaban J connectivity index is 0.000000160. The molecule has 0 bridgehead atoms. The van der Waals surface area contributed by atoms with E-state index in [4.69, 9.17) is 0 Å². The van der Waals surface area contributed by atoms with Gasteiger partial charge in [0.05, 0.1) is 0 Å². The Morgan fingerprint density at radius 2 is 1.00 bits per heavy atom. The summed E-state index contributed by atoms with van der Waals surface area (Å²) in [5.74, 6) is 4.03. The Kier molecular flexibility index (Phi) is 6.46. The van der Waals surface area contributed by atoms with Crippen LogP contribution in [0.15, 0.2) is 0 Å². The summed E-state index contributed by atoms with van der Waals surface area (Å²) in [5.41, 5.74) is 0. The van der Waals surface area contributed by atoms with Gasteiger partial charge in [-0.3, -0.25) is 0 Å². The summed E-state index contributed by atoms with van der Waals surface area (Å²) >= 11 is 0. The van der Waals surface area contributed by atoms with Crippen LogP contribution in [-0.4, -0.2) is 0 Å². The van der Waals surface area contributed by atoms with Crippen molar-refractivity contribution in [2.75, 3.05) is 0 Å². The fourth-order valence-electron chi connectivity index (χ4n) is 3.24. The second-order valence-corrected chi connectivity index (χ2v) is 6.62. The number of hydrogen-bond donors (Lipinski definition) is 0.